The molecule has 1 saturated heterocycles. The number of alkyl halides is 3. The summed E-state index contributed by atoms with van der Waals surface area (Å²) >= 11 is 0. The van der Waals surface area contributed by atoms with Gasteiger partial charge < -0.3 is 11.1 Å². The van der Waals surface area contributed by atoms with Crippen molar-refractivity contribution >= 4 is 17.6 Å². The molecule has 212 valence electrons. The number of nitrogens with zero attached hydrogens (tertiary/aromatic N) is 6. The van der Waals surface area contributed by atoms with Crippen LogP contribution in [0.5, 0.6) is 0 Å². The van der Waals surface area contributed by atoms with Crippen molar-refractivity contribution < 1.29 is 22.8 Å². The van der Waals surface area contributed by atoms with Gasteiger partial charge in [0, 0.05) is 43.9 Å². The normalized spacial score (nSPS) is 22.9. The quantitative estimate of drug-likeness (QED) is 0.510. The van der Waals surface area contributed by atoms with E-state index in [2.05, 4.69) is 32.6 Å². The minimum atomic E-state index is -4.54. The molecule has 10 nitrogen and oxygen atoms in total. The van der Waals surface area contributed by atoms with Crippen molar-refractivity contribution in [2.75, 3.05) is 25.0 Å². The Morgan fingerprint density at radius 2 is 1.98 bits per heavy atom. The molecule has 2 aromatic heterocycles. The van der Waals surface area contributed by atoms with Gasteiger partial charge in [0.25, 0.3) is 5.91 Å². The number of amides is 2. The highest BCUT2D eigenvalue weighted by molar-refractivity contribution is 6.02. The third kappa shape index (κ3) is 5.67. The lowest BCUT2D eigenvalue weighted by atomic mass is 9.83. The second-order valence-corrected chi connectivity index (χ2v) is 10.9. The zero-order chi connectivity index (χ0) is 28.7. The number of hydrogen-bond acceptors (Lipinski definition) is 6. The first-order valence-electron chi connectivity index (χ1n) is 13.3. The zero-order valence-electron chi connectivity index (χ0n) is 22.1. The highest BCUT2D eigenvalue weighted by atomic mass is 19.4. The van der Waals surface area contributed by atoms with E-state index in [1.807, 2.05) is 19.1 Å². The van der Waals surface area contributed by atoms with E-state index in [-0.39, 0.29) is 46.1 Å². The predicted molar refractivity (Wildman–Crippen MR) is 139 cm³/mol. The van der Waals surface area contributed by atoms with Gasteiger partial charge in [0.1, 0.15) is 5.56 Å². The summed E-state index contributed by atoms with van der Waals surface area (Å²) in [4.78, 5) is 26.6. The van der Waals surface area contributed by atoms with Gasteiger partial charge >= 0.3 is 6.30 Å². The molecule has 0 radical (unpaired) electrons. The van der Waals surface area contributed by atoms with Gasteiger partial charge in [-0.2, -0.15) is 20.1 Å². The van der Waals surface area contributed by atoms with Crippen molar-refractivity contribution in [3.05, 3.63) is 53.5 Å². The molecule has 2 unspecified atom stereocenters. The van der Waals surface area contributed by atoms with E-state index >= 15 is 0 Å². The fraction of sp³-hybridized carbons (Fsp3) is 0.519. The Labute approximate surface area is 229 Å². The highest BCUT2D eigenvalue weighted by Crippen LogP contribution is 2.37. The molecule has 0 aromatic carbocycles. The summed E-state index contributed by atoms with van der Waals surface area (Å²) in [6.45, 7) is 3.94. The van der Waals surface area contributed by atoms with E-state index in [0.29, 0.717) is 38.2 Å². The van der Waals surface area contributed by atoms with Gasteiger partial charge in [-0.3, -0.25) is 19.2 Å². The van der Waals surface area contributed by atoms with Crippen LogP contribution in [-0.2, 0) is 16.6 Å². The van der Waals surface area contributed by atoms with Crippen LogP contribution in [0.15, 0.2) is 42.3 Å². The van der Waals surface area contributed by atoms with E-state index in [1.54, 1.807) is 4.68 Å². The SMILES string of the molecule is CC1C=C(CN2CCC(CC#N)(n3cc(C(N)=O)c(NC(=O)C4CC4)n3)CC2)C=CC1c1ccn(C(F)(F)F)n1. The molecule has 0 bridgehead atoms. The van der Waals surface area contributed by atoms with Crippen molar-refractivity contribution in [3.63, 3.8) is 0 Å². The molecule has 3 aliphatic rings. The molecule has 3 N–H and O–H groups in total. The van der Waals surface area contributed by atoms with Gasteiger partial charge in [-0.1, -0.05) is 25.2 Å². The number of aromatic nitrogens is 4. The van der Waals surface area contributed by atoms with Crippen LogP contribution in [0.1, 0.15) is 61.0 Å². The fourth-order valence-corrected chi connectivity index (χ4v) is 5.50. The third-order valence-electron chi connectivity index (χ3n) is 8.03. The molecule has 2 aromatic rings. The van der Waals surface area contributed by atoms with Crippen molar-refractivity contribution in [1.82, 2.24) is 24.5 Å². The van der Waals surface area contributed by atoms with Gasteiger partial charge in [-0.05, 0) is 43.2 Å². The summed E-state index contributed by atoms with van der Waals surface area (Å²) in [6, 6.07) is 3.66. The topological polar surface area (TPSA) is 135 Å². The number of carbonyl (C=O) groups is 2. The Kier molecular flexibility index (Phi) is 7.31. The van der Waals surface area contributed by atoms with Gasteiger partial charge in [0.2, 0.25) is 5.91 Å². The summed E-state index contributed by atoms with van der Waals surface area (Å²) in [5.74, 6) is -1.09. The number of anilines is 1. The number of primary amides is 1. The van der Waals surface area contributed by atoms with E-state index < -0.39 is 17.7 Å². The molecule has 1 aliphatic heterocycles. The van der Waals surface area contributed by atoms with Crippen LogP contribution >= 0.6 is 0 Å². The largest absolute Gasteiger partial charge is 0.504 e. The Balaban J connectivity index is 1.24. The van der Waals surface area contributed by atoms with Crippen LogP contribution in [-0.4, -0.2) is 55.9 Å². The summed E-state index contributed by atoms with van der Waals surface area (Å²) in [5.41, 5.74) is 6.47. The fourth-order valence-electron chi connectivity index (χ4n) is 5.50. The lowest BCUT2D eigenvalue weighted by molar-refractivity contribution is -0.212. The number of carbonyl (C=O) groups excluding carboxylic acids is 2. The summed E-state index contributed by atoms with van der Waals surface area (Å²) in [6.07, 6.45) is 6.83. The summed E-state index contributed by atoms with van der Waals surface area (Å²) < 4.78 is 40.5. The zero-order valence-corrected chi connectivity index (χ0v) is 22.1. The minimum Gasteiger partial charge on any atom is -0.365 e. The summed E-state index contributed by atoms with van der Waals surface area (Å²) in [7, 11) is 0. The molecule has 3 heterocycles. The first-order valence-corrected chi connectivity index (χ1v) is 13.3. The van der Waals surface area contributed by atoms with Crippen molar-refractivity contribution in [2.45, 2.75) is 56.8 Å². The maximum atomic E-state index is 12.9. The summed E-state index contributed by atoms with van der Waals surface area (Å²) in [5, 5.41) is 20.6. The lowest BCUT2D eigenvalue weighted by Crippen LogP contribution is -2.46. The van der Waals surface area contributed by atoms with Gasteiger partial charge in [0.05, 0.1) is 23.7 Å². The van der Waals surface area contributed by atoms with E-state index in [0.717, 1.165) is 24.6 Å². The number of hydrogen-bond donors (Lipinski definition) is 2. The number of halogens is 3. The van der Waals surface area contributed by atoms with E-state index in [4.69, 9.17) is 5.73 Å². The Bertz CT molecular complexity index is 1390. The molecule has 2 aliphatic carbocycles. The Morgan fingerprint density at radius 1 is 1.25 bits per heavy atom. The van der Waals surface area contributed by atoms with Crippen LogP contribution in [0.4, 0.5) is 19.0 Å². The average molecular weight is 557 g/mol. The van der Waals surface area contributed by atoms with Crippen LogP contribution in [0.25, 0.3) is 0 Å². The molecule has 2 amide bonds. The standard InChI is InChI=1S/C27H31F3N8O2/c1-17-14-18(2-5-20(17)22-6-11-37(34-22)27(28,29)30)15-36-12-8-26(7-10-31,9-13-36)38-16-21(23(32)39)24(35-38)33-25(40)19-3-4-19/h2,5-6,11,14,16-17,19-20H,3-4,7-9,12-13,15H2,1H3,(H2,32,39)(H,33,35,40). The van der Waals surface area contributed by atoms with Crippen LogP contribution < -0.4 is 11.1 Å². The van der Waals surface area contributed by atoms with Crippen molar-refractivity contribution in [2.24, 2.45) is 17.6 Å². The van der Waals surface area contributed by atoms with Crippen LogP contribution in [0, 0.1) is 23.2 Å². The predicted octanol–water partition coefficient (Wildman–Crippen LogP) is 3.62. The number of allylic oxidation sites excluding steroid dienone is 2. The molecule has 1 saturated carbocycles. The first kappa shape index (κ1) is 27.6. The van der Waals surface area contributed by atoms with E-state index in [9.17, 15) is 28.0 Å². The number of piperidine rings is 1. The number of nitriles is 1. The molecule has 13 heteroatoms. The maximum Gasteiger partial charge on any atom is 0.504 e. The Morgan fingerprint density at radius 3 is 2.55 bits per heavy atom. The molecule has 2 atom stereocenters. The Hall–Kier alpha value is -3.92. The van der Waals surface area contributed by atoms with Crippen molar-refractivity contribution in [3.8, 4) is 6.07 Å². The van der Waals surface area contributed by atoms with Gasteiger partial charge in [-0.15, -0.1) is 13.2 Å². The van der Waals surface area contributed by atoms with Crippen LogP contribution in [0.3, 0.4) is 0 Å². The first-order chi connectivity index (χ1) is 19.0. The number of nitrogens with two attached hydrogens (primary N) is 1. The second kappa shape index (κ2) is 10.6. The maximum absolute atomic E-state index is 12.9. The molecular weight excluding hydrogens is 525 g/mol. The molecule has 0 spiro atoms. The highest BCUT2D eigenvalue weighted by Gasteiger charge is 2.39. The average Bonchev–Trinajstić information content (AvgIpc) is 3.46. The second-order valence-electron chi connectivity index (χ2n) is 10.9. The monoisotopic (exact) mass is 556 g/mol. The molecule has 5 rings (SSSR count). The minimum absolute atomic E-state index is 0.0271. The van der Waals surface area contributed by atoms with E-state index in [1.165, 1.54) is 12.3 Å². The van der Waals surface area contributed by atoms with Gasteiger partial charge in [-0.25, -0.2) is 0 Å². The lowest BCUT2D eigenvalue weighted by Gasteiger charge is -2.41. The van der Waals surface area contributed by atoms with Gasteiger partial charge in [0.15, 0.2) is 5.82 Å². The molecule has 2 fully saturated rings. The third-order valence-corrected chi connectivity index (χ3v) is 8.03. The number of likely N-dealkylation sites (tertiary alicyclic amines) is 1. The molecular formula is C27H31F3N8O2. The van der Waals surface area contributed by atoms with Crippen molar-refractivity contribution in [1.29, 1.82) is 5.26 Å². The number of nitrogens with one attached hydrogen (secondary N) is 1. The van der Waals surface area contributed by atoms with Crippen LogP contribution in [0.2, 0.25) is 0 Å². The smallest absolute Gasteiger partial charge is 0.365 e. The molecule has 40 heavy (non-hydrogen) atoms. The number of rotatable bonds is 8.